The Morgan fingerprint density at radius 1 is 1.63 bits per heavy atom. The summed E-state index contributed by atoms with van der Waals surface area (Å²) >= 11 is 1.22. The molecule has 98 valence electrons. The predicted molar refractivity (Wildman–Crippen MR) is 67.8 cm³/mol. The molecule has 0 aliphatic rings. The minimum absolute atomic E-state index is 0.265. The highest BCUT2D eigenvalue weighted by molar-refractivity contribution is 7.99. The lowest BCUT2D eigenvalue weighted by Crippen LogP contribution is -2.11. The van der Waals surface area contributed by atoms with Crippen LogP contribution in [0.1, 0.15) is 23.0 Å². The van der Waals surface area contributed by atoms with Crippen LogP contribution in [0.25, 0.3) is 5.78 Å². The van der Waals surface area contributed by atoms with Gasteiger partial charge in [-0.05, 0) is 13.8 Å². The lowest BCUT2D eigenvalue weighted by Gasteiger charge is -2.05. The fourth-order valence-electron chi connectivity index (χ4n) is 1.49. The minimum Gasteiger partial charge on any atom is -0.462 e. The molecule has 7 nitrogen and oxygen atoms in total. The molecular weight excluding hydrogens is 266 g/mol. The molecule has 0 N–H and O–H groups in total. The van der Waals surface area contributed by atoms with Gasteiger partial charge < -0.3 is 4.74 Å². The summed E-state index contributed by atoms with van der Waals surface area (Å²) in [4.78, 5) is 19.9. The van der Waals surface area contributed by atoms with E-state index in [9.17, 15) is 4.79 Å². The number of hydrogen-bond acceptors (Lipinski definition) is 7. The molecule has 0 saturated heterocycles. The second-order valence-electron chi connectivity index (χ2n) is 3.53. The summed E-state index contributed by atoms with van der Waals surface area (Å²) in [7, 11) is 0. The smallest absolute Gasteiger partial charge is 0.341 e. The second kappa shape index (κ2) is 5.67. The van der Waals surface area contributed by atoms with Crippen LogP contribution in [-0.2, 0) is 4.74 Å². The van der Waals surface area contributed by atoms with Crippen LogP contribution in [0.15, 0.2) is 11.4 Å². The third-order valence-electron chi connectivity index (χ3n) is 2.35. The first-order chi connectivity index (χ1) is 9.17. The van der Waals surface area contributed by atoms with Crippen LogP contribution in [0, 0.1) is 18.3 Å². The highest BCUT2D eigenvalue weighted by Crippen LogP contribution is 2.15. The van der Waals surface area contributed by atoms with Crippen LogP contribution in [0.5, 0.6) is 0 Å². The van der Waals surface area contributed by atoms with Crippen molar-refractivity contribution < 1.29 is 9.53 Å². The maximum atomic E-state index is 11.7. The Bertz CT molecular complexity index is 661. The summed E-state index contributed by atoms with van der Waals surface area (Å²) in [5.41, 5.74) is 0.968. The molecule has 0 saturated carbocycles. The van der Waals surface area contributed by atoms with Crippen LogP contribution >= 0.6 is 11.8 Å². The van der Waals surface area contributed by atoms with Crippen LogP contribution in [0.4, 0.5) is 0 Å². The molecule has 0 aliphatic carbocycles. The minimum atomic E-state index is -0.434. The molecule has 0 amide bonds. The number of carbonyl (C=O) groups excluding carboxylic acids is 1. The molecule has 2 aromatic rings. The zero-order chi connectivity index (χ0) is 13.8. The zero-order valence-electron chi connectivity index (χ0n) is 10.5. The monoisotopic (exact) mass is 277 g/mol. The number of hydrogen-bond donors (Lipinski definition) is 0. The van der Waals surface area contributed by atoms with Crippen molar-refractivity contribution in [1.29, 1.82) is 5.26 Å². The van der Waals surface area contributed by atoms with Gasteiger partial charge in [-0.25, -0.2) is 9.78 Å². The molecular formula is C11H11N5O2S. The van der Waals surface area contributed by atoms with Crippen LogP contribution in [0.2, 0.25) is 0 Å². The summed E-state index contributed by atoms with van der Waals surface area (Å²) in [6.45, 7) is 3.79. The fraction of sp³-hybridized carbons (Fsp3) is 0.364. The first-order valence-corrected chi connectivity index (χ1v) is 6.55. The largest absolute Gasteiger partial charge is 0.462 e. The van der Waals surface area contributed by atoms with Crippen molar-refractivity contribution in [3.8, 4) is 6.07 Å². The molecule has 0 radical (unpaired) electrons. The fourth-order valence-corrected chi connectivity index (χ4v) is 1.97. The summed E-state index contributed by atoms with van der Waals surface area (Å²) in [6.07, 6.45) is 1.43. The Hall–Kier alpha value is -2.14. The van der Waals surface area contributed by atoms with Crippen LogP contribution in [0.3, 0.4) is 0 Å². The van der Waals surface area contributed by atoms with E-state index >= 15 is 0 Å². The van der Waals surface area contributed by atoms with Gasteiger partial charge in [0.2, 0.25) is 5.16 Å². The average Bonchev–Trinajstić information content (AvgIpc) is 2.81. The van der Waals surface area contributed by atoms with Crippen molar-refractivity contribution in [3.63, 3.8) is 0 Å². The molecule has 0 aromatic carbocycles. The molecule has 19 heavy (non-hydrogen) atoms. The third kappa shape index (κ3) is 2.66. The normalized spacial score (nSPS) is 10.4. The molecule has 0 unspecified atom stereocenters. The molecule has 2 heterocycles. The van der Waals surface area contributed by atoms with E-state index in [1.165, 1.54) is 22.5 Å². The van der Waals surface area contributed by atoms with Gasteiger partial charge in [0.05, 0.1) is 29.7 Å². The number of esters is 1. The number of rotatable bonds is 4. The van der Waals surface area contributed by atoms with E-state index in [2.05, 4.69) is 15.1 Å². The van der Waals surface area contributed by atoms with Gasteiger partial charge in [-0.15, -0.1) is 5.10 Å². The van der Waals surface area contributed by atoms with Gasteiger partial charge in [-0.3, -0.25) is 0 Å². The molecule has 0 aliphatic heterocycles. The number of thioether (sulfide) groups is 1. The van der Waals surface area contributed by atoms with Gasteiger partial charge >= 0.3 is 5.97 Å². The zero-order valence-corrected chi connectivity index (χ0v) is 11.3. The summed E-state index contributed by atoms with van der Waals surface area (Å²) in [5, 5.41) is 13.2. The van der Waals surface area contributed by atoms with Crippen LogP contribution < -0.4 is 0 Å². The summed E-state index contributed by atoms with van der Waals surface area (Å²) < 4.78 is 6.42. The van der Waals surface area contributed by atoms with E-state index in [1.54, 1.807) is 13.8 Å². The highest BCUT2D eigenvalue weighted by atomic mass is 32.2. The Balaban J connectivity index is 2.41. The van der Waals surface area contributed by atoms with E-state index in [0.29, 0.717) is 28.8 Å². The Morgan fingerprint density at radius 3 is 3.11 bits per heavy atom. The predicted octanol–water partition coefficient (Wildman–Crippen LogP) is 1.23. The molecule has 8 heteroatoms. The van der Waals surface area contributed by atoms with E-state index in [0.717, 1.165) is 0 Å². The topological polar surface area (TPSA) is 93.2 Å². The van der Waals surface area contributed by atoms with Crippen molar-refractivity contribution in [2.24, 2.45) is 0 Å². The number of nitrogens with zero attached hydrogens (tertiary/aromatic N) is 5. The van der Waals surface area contributed by atoms with Gasteiger partial charge in [-0.1, -0.05) is 11.8 Å². The Labute approximate surface area is 113 Å². The highest BCUT2D eigenvalue weighted by Gasteiger charge is 2.16. The number of carbonyl (C=O) groups is 1. The van der Waals surface area contributed by atoms with Crippen molar-refractivity contribution in [2.45, 2.75) is 19.0 Å². The summed E-state index contributed by atoms with van der Waals surface area (Å²) in [6, 6.07) is 2.00. The van der Waals surface area contributed by atoms with E-state index in [4.69, 9.17) is 10.00 Å². The van der Waals surface area contributed by atoms with Gasteiger partial charge in [0, 0.05) is 6.20 Å². The van der Waals surface area contributed by atoms with Crippen molar-refractivity contribution in [2.75, 3.05) is 12.4 Å². The van der Waals surface area contributed by atoms with E-state index < -0.39 is 5.97 Å². The SMILES string of the molecule is CCOC(=O)c1cnc2nc(SCC#N)nn2c1C. The average molecular weight is 277 g/mol. The van der Waals surface area contributed by atoms with Gasteiger partial charge in [0.1, 0.15) is 0 Å². The van der Waals surface area contributed by atoms with E-state index in [1.807, 2.05) is 6.07 Å². The van der Waals surface area contributed by atoms with Gasteiger partial charge in [0.15, 0.2) is 0 Å². The molecule has 0 atom stereocenters. The standard InChI is InChI=1S/C11H11N5O2S/c1-3-18-9(17)8-6-13-10-14-11(19-5-4-12)15-16(10)7(8)2/h6H,3,5H2,1-2H3. The molecule has 0 spiro atoms. The quantitative estimate of drug-likeness (QED) is 0.612. The van der Waals surface area contributed by atoms with Crippen LogP contribution in [-0.4, -0.2) is 37.9 Å². The third-order valence-corrected chi connectivity index (χ3v) is 3.05. The number of fused-ring (bicyclic) bond motifs is 1. The Morgan fingerprint density at radius 2 is 2.42 bits per heavy atom. The first-order valence-electron chi connectivity index (χ1n) is 5.56. The van der Waals surface area contributed by atoms with Gasteiger partial charge in [0.25, 0.3) is 5.78 Å². The first kappa shape index (κ1) is 13.3. The van der Waals surface area contributed by atoms with Crippen molar-refractivity contribution >= 4 is 23.5 Å². The molecule has 2 aromatic heterocycles. The maximum Gasteiger partial charge on any atom is 0.341 e. The number of ether oxygens (including phenoxy) is 1. The lowest BCUT2D eigenvalue weighted by molar-refractivity contribution is 0.0524. The lowest BCUT2D eigenvalue weighted by atomic mass is 10.2. The number of aromatic nitrogens is 4. The molecule has 2 rings (SSSR count). The molecule has 0 fully saturated rings. The summed E-state index contributed by atoms with van der Waals surface area (Å²) in [5.74, 6) is 0.225. The maximum absolute atomic E-state index is 11.7. The van der Waals surface area contributed by atoms with Crippen molar-refractivity contribution in [1.82, 2.24) is 19.6 Å². The number of aryl methyl sites for hydroxylation is 1. The van der Waals surface area contributed by atoms with Gasteiger partial charge in [-0.2, -0.15) is 14.8 Å². The number of nitriles is 1. The Kier molecular flexibility index (Phi) is 3.97. The van der Waals surface area contributed by atoms with E-state index in [-0.39, 0.29) is 5.75 Å². The van der Waals surface area contributed by atoms with Crippen molar-refractivity contribution in [3.05, 3.63) is 17.5 Å². The second-order valence-corrected chi connectivity index (χ2v) is 4.47. The molecule has 0 bridgehead atoms.